The van der Waals surface area contributed by atoms with Gasteiger partial charge in [0.05, 0.1) is 11.4 Å². The fourth-order valence-corrected chi connectivity index (χ4v) is 3.12. The number of hydrogen-bond donors (Lipinski definition) is 1. The fourth-order valence-electron chi connectivity index (χ4n) is 1.72. The van der Waals surface area contributed by atoms with Crippen LogP contribution < -0.4 is 4.72 Å². The Hall–Kier alpha value is -1.20. The second-order valence-electron chi connectivity index (χ2n) is 5.14. The average Bonchev–Trinajstić information content (AvgIpc) is 2.36. The van der Waals surface area contributed by atoms with E-state index in [1.807, 2.05) is 27.0 Å². The summed E-state index contributed by atoms with van der Waals surface area (Å²) in [6, 6.07) is 6.97. The van der Waals surface area contributed by atoms with Crippen molar-refractivity contribution in [3.05, 3.63) is 29.8 Å². The van der Waals surface area contributed by atoms with Crippen LogP contribution in [-0.4, -0.2) is 38.8 Å². The molecule has 5 heteroatoms. The molecule has 0 radical (unpaired) electrons. The molecule has 4 nitrogen and oxygen atoms in total. The summed E-state index contributed by atoms with van der Waals surface area (Å²) in [6.45, 7) is 10.0. The molecule has 19 heavy (non-hydrogen) atoms. The number of sulfonamides is 1. The van der Waals surface area contributed by atoms with Crippen LogP contribution in [0.3, 0.4) is 0 Å². The number of aryl methyl sites for hydroxylation is 1. The molecule has 0 saturated heterocycles. The molecule has 0 aliphatic rings. The number of nitrogens with zero attached hydrogens (tertiary/aromatic N) is 1. The van der Waals surface area contributed by atoms with Gasteiger partial charge < -0.3 is 0 Å². The minimum Gasteiger partial charge on any atom is -0.239 e. The van der Waals surface area contributed by atoms with Crippen molar-refractivity contribution in [2.75, 3.05) is 13.6 Å². The van der Waals surface area contributed by atoms with Crippen molar-refractivity contribution in [2.45, 2.75) is 37.6 Å². The van der Waals surface area contributed by atoms with Crippen molar-refractivity contribution in [3.63, 3.8) is 0 Å². The zero-order chi connectivity index (χ0) is 14.7. The maximum absolute atomic E-state index is 12.3. The van der Waals surface area contributed by atoms with Gasteiger partial charge in [0.25, 0.3) is 0 Å². The van der Waals surface area contributed by atoms with Crippen molar-refractivity contribution >= 4 is 16.7 Å². The highest BCUT2D eigenvalue weighted by molar-refractivity contribution is 7.89. The second kappa shape index (κ2) is 5.84. The Bertz CT molecular complexity index is 567. The predicted octanol–water partition coefficient (Wildman–Crippen LogP) is 1.78. The second-order valence-corrected chi connectivity index (χ2v) is 6.87. The molecule has 1 atom stereocenters. The first-order valence-electron chi connectivity index (χ1n) is 6.32. The van der Waals surface area contributed by atoms with Gasteiger partial charge >= 0.3 is 0 Å². The first kappa shape index (κ1) is 15.9. The van der Waals surface area contributed by atoms with E-state index in [4.69, 9.17) is 0 Å². The molecule has 106 valence electrons. The summed E-state index contributed by atoms with van der Waals surface area (Å²) in [7, 11) is -1.62. The molecule has 1 rings (SSSR count). The summed E-state index contributed by atoms with van der Waals surface area (Å²) in [5.41, 5.74) is 0.451. The number of benzene rings is 1. The van der Waals surface area contributed by atoms with E-state index in [0.29, 0.717) is 11.4 Å². The van der Waals surface area contributed by atoms with Gasteiger partial charge in [-0.1, -0.05) is 25.1 Å². The molecular weight excluding hydrogens is 260 g/mol. The lowest BCUT2D eigenvalue weighted by molar-refractivity contribution is -0.570. The topological polar surface area (TPSA) is 49.2 Å². The third-order valence-corrected chi connectivity index (χ3v) is 5.27. The van der Waals surface area contributed by atoms with E-state index in [9.17, 15) is 8.42 Å². The van der Waals surface area contributed by atoms with Gasteiger partial charge in [0.2, 0.25) is 10.0 Å². The normalized spacial score (nSPS) is 14.9. The van der Waals surface area contributed by atoms with E-state index in [-0.39, 0.29) is 5.54 Å². The Morgan fingerprint density at radius 1 is 1.37 bits per heavy atom. The minimum atomic E-state index is -3.47. The van der Waals surface area contributed by atoms with E-state index in [0.717, 1.165) is 12.0 Å². The van der Waals surface area contributed by atoms with Crippen LogP contribution in [0, 0.1) is 6.92 Å². The number of hydrogen-bond acceptors (Lipinski definition) is 2. The molecule has 0 spiro atoms. The highest BCUT2D eigenvalue weighted by atomic mass is 32.2. The average molecular weight is 283 g/mol. The van der Waals surface area contributed by atoms with Crippen LogP contribution in [0.2, 0.25) is 0 Å². The van der Waals surface area contributed by atoms with Crippen LogP contribution in [0.25, 0.3) is 0 Å². The molecule has 1 aromatic rings. The first-order valence-corrected chi connectivity index (χ1v) is 7.81. The quantitative estimate of drug-likeness (QED) is 0.639. The zero-order valence-corrected chi connectivity index (χ0v) is 12.9. The fraction of sp³-hybridized carbons (Fsp3) is 0.500. The van der Waals surface area contributed by atoms with Crippen molar-refractivity contribution in [1.29, 1.82) is 0 Å². The van der Waals surface area contributed by atoms with Gasteiger partial charge in [0.1, 0.15) is 13.8 Å². The van der Waals surface area contributed by atoms with E-state index in [2.05, 4.69) is 11.4 Å². The minimum absolute atomic E-state index is 0.296. The van der Waals surface area contributed by atoms with Gasteiger partial charge in [-0.15, -0.1) is 0 Å². The maximum Gasteiger partial charge on any atom is 0.241 e. The van der Waals surface area contributed by atoms with Crippen LogP contribution in [0.1, 0.15) is 25.8 Å². The molecule has 0 bridgehead atoms. The highest BCUT2D eigenvalue weighted by Gasteiger charge is 2.32. The summed E-state index contributed by atoms with van der Waals surface area (Å²) in [5, 5.41) is 0. The lowest BCUT2D eigenvalue weighted by Gasteiger charge is -2.23. The zero-order valence-electron chi connectivity index (χ0n) is 12.1. The molecule has 0 aliphatic carbocycles. The van der Waals surface area contributed by atoms with Gasteiger partial charge in [-0.25, -0.2) is 17.7 Å². The lowest BCUT2D eigenvalue weighted by atomic mass is 9.99. The smallest absolute Gasteiger partial charge is 0.239 e. The van der Waals surface area contributed by atoms with Crippen LogP contribution >= 0.6 is 0 Å². The summed E-state index contributed by atoms with van der Waals surface area (Å²) >= 11 is 0. The Kier molecular flexibility index (Phi) is 4.87. The van der Waals surface area contributed by atoms with Gasteiger partial charge in [0, 0.05) is 13.3 Å². The lowest BCUT2D eigenvalue weighted by Crippen LogP contribution is -2.47. The monoisotopic (exact) mass is 283 g/mol. The van der Waals surface area contributed by atoms with Crippen molar-refractivity contribution in [3.8, 4) is 0 Å². The van der Waals surface area contributed by atoms with Crippen molar-refractivity contribution in [2.24, 2.45) is 0 Å². The SMILES string of the molecule is C=[N+](C)C(C)(CC)CNS(=O)(=O)c1ccccc1C. The summed E-state index contributed by atoms with van der Waals surface area (Å²) in [6.07, 6.45) is 0.809. The molecular formula is C14H23N2O2S+. The number of rotatable bonds is 6. The van der Waals surface area contributed by atoms with Gasteiger partial charge in [-0.05, 0) is 18.6 Å². The van der Waals surface area contributed by atoms with Crippen molar-refractivity contribution < 1.29 is 13.0 Å². The molecule has 1 N–H and O–H groups in total. The molecule has 1 aromatic carbocycles. The van der Waals surface area contributed by atoms with Crippen LogP contribution in [0.15, 0.2) is 29.2 Å². The Morgan fingerprint density at radius 2 is 1.95 bits per heavy atom. The molecule has 0 aliphatic heterocycles. The molecule has 1 unspecified atom stereocenters. The number of likely N-dealkylation sites (N-methyl/N-ethyl adjacent to an activating group) is 1. The standard InChI is InChI=1S/C14H23N2O2S/c1-6-14(3,16(4)5)11-15-19(17,18)13-10-8-7-9-12(13)2/h7-10,15H,4,6,11H2,1-3,5H3/q+1. The van der Waals surface area contributed by atoms with Gasteiger partial charge in [0.15, 0.2) is 5.54 Å². The highest BCUT2D eigenvalue weighted by Crippen LogP contribution is 2.16. The summed E-state index contributed by atoms with van der Waals surface area (Å²) in [5.74, 6) is 0. The third kappa shape index (κ3) is 3.64. The Morgan fingerprint density at radius 3 is 2.42 bits per heavy atom. The molecule has 0 heterocycles. The van der Waals surface area contributed by atoms with E-state index in [1.165, 1.54) is 0 Å². The largest absolute Gasteiger partial charge is 0.241 e. The first-order chi connectivity index (χ1) is 8.73. The predicted molar refractivity (Wildman–Crippen MR) is 78.4 cm³/mol. The summed E-state index contributed by atoms with van der Waals surface area (Å²) in [4.78, 5) is 0.333. The Balaban J connectivity index is 2.94. The van der Waals surface area contributed by atoms with Crippen LogP contribution in [0.4, 0.5) is 0 Å². The van der Waals surface area contributed by atoms with Crippen LogP contribution in [0.5, 0.6) is 0 Å². The summed E-state index contributed by atoms with van der Waals surface area (Å²) < 4.78 is 29.1. The van der Waals surface area contributed by atoms with E-state index < -0.39 is 10.0 Å². The van der Waals surface area contributed by atoms with Gasteiger partial charge in [-0.2, -0.15) is 0 Å². The van der Waals surface area contributed by atoms with Crippen LogP contribution in [-0.2, 0) is 10.0 Å². The van der Waals surface area contributed by atoms with Gasteiger partial charge in [-0.3, -0.25) is 0 Å². The molecule has 0 aromatic heterocycles. The van der Waals surface area contributed by atoms with E-state index in [1.54, 1.807) is 29.7 Å². The molecule has 0 saturated carbocycles. The number of nitrogens with one attached hydrogen (secondary N) is 1. The van der Waals surface area contributed by atoms with Crippen molar-refractivity contribution in [1.82, 2.24) is 4.72 Å². The molecule has 0 amide bonds. The van der Waals surface area contributed by atoms with E-state index >= 15 is 0 Å². The molecule has 0 fully saturated rings. The Labute approximate surface area is 116 Å². The maximum atomic E-state index is 12.3. The third-order valence-electron chi connectivity index (χ3n) is 3.71.